The zero-order valence-electron chi connectivity index (χ0n) is 13.7. The van der Waals surface area contributed by atoms with E-state index >= 15 is 0 Å². The molecule has 128 valence electrons. The maximum absolute atomic E-state index is 12.1. The number of carbonyl (C=O) groups is 1. The van der Waals surface area contributed by atoms with Gasteiger partial charge in [0.05, 0.1) is 5.69 Å². The molecule has 0 unspecified atom stereocenters. The van der Waals surface area contributed by atoms with Gasteiger partial charge in [0.15, 0.2) is 0 Å². The van der Waals surface area contributed by atoms with Crippen LogP contribution in [0.25, 0.3) is 0 Å². The van der Waals surface area contributed by atoms with Crippen molar-refractivity contribution in [1.29, 1.82) is 0 Å². The van der Waals surface area contributed by atoms with Gasteiger partial charge in [-0.3, -0.25) is 9.78 Å². The largest absolute Gasteiger partial charge is 0.444 e. The van der Waals surface area contributed by atoms with Crippen LogP contribution < -0.4 is 5.56 Å². The molecule has 0 spiro atoms. The summed E-state index contributed by atoms with van der Waals surface area (Å²) < 4.78 is 28.5. The minimum absolute atomic E-state index is 0.306. The molecule has 0 aromatic carbocycles. The first-order valence-corrected chi connectivity index (χ1v) is 9.16. The Morgan fingerprint density at radius 3 is 2.43 bits per heavy atom. The molecule has 1 aliphatic heterocycles. The zero-order valence-corrected chi connectivity index (χ0v) is 14.5. The monoisotopic (exact) mass is 343 g/mol. The van der Waals surface area contributed by atoms with Crippen LogP contribution in [-0.4, -0.2) is 54.3 Å². The van der Waals surface area contributed by atoms with Gasteiger partial charge in [0.25, 0.3) is 5.56 Å². The molecule has 0 fully saturated rings. The van der Waals surface area contributed by atoms with Crippen molar-refractivity contribution in [1.82, 2.24) is 14.9 Å². The number of nitrogens with one attached hydrogen (secondary N) is 1. The van der Waals surface area contributed by atoms with E-state index in [-0.39, 0.29) is 5.16 Å². The van der Waals surface area contributed by atoms with Crippen molar-refractivity contribution in [2.24, 2.45) is 0 Å². The van der Waals surface area contributed by atoms with Crippen molar-refractivity contribution in [2.75, 3.05) is 19.3 Å². The summed E-state index contributed by atoms with van der Waals surface area (Å²) in [4.78, 5) is 32.1. The van der Waals surface area contributed by atoms with Crippen LogP contribution in [0.15, 0.2) is 9.95 Å². The summed E-state index contributed by atoms with van der Waals surface area (Å²) in [5, 5.41) is -0.341. The van der Waals surface area contributed by atoms with E-state index in [9.17, 15) is 18.0 Å². The zero-order chi connectivity index (χ0) is 17.4. The molecule has 0 radical (unpaired) electrons. The van der Waals surface area contributed by atoms with Crippen LogP contribution in [0.5, 0.6) is 0 Å². The molecular formula is C14H21N3O5S. The Balaban J connectivity index is 2.26. The van der Waals surface area contributed by atoms with E-state index < -0.39 is 27.1 Å². The molecule has 2 rings (SSSR count). The lowest BCUT2D eigenvalue weighted by Crippen LogP contribution is -2.38. The first kappa shape index (κ1) is 17.5. The smallest absolute Gasteiger partial charge is 0.410 e. The first-order valence-electron chi connectivity index (χ1n) is 7.27. The number of ether oxygens (including phenoxy) is 1. The third kappa shape index (κ3) is 4.31. The summed E-state index contributed by atoms with van der Waals surface area (Å²) in [5.41, 5.74) is -0.236. The number of hydrogen-bond donors (Lipinski definition) is 1. The highest BCUT2D eigenvalue weighted by Gasteiger charge is 2.26. The molecule has 1 N–H and O–H groups in total. The average molecular weight is 343 g/mol. The van der Waals surface area contributed by atoms with Gasteiger partial charge in [-0.05, 0) is 27.2 Å². The number of carbonyl (C=O) groups excluding carboxylic acids is 1. The van der Waals surface area contributed by atoms with Crippen molar-refractivity contribution < 1.29 is 17.9 Å². The normalized spacial score (nSPS) is 15.7. The number of amides is 1. The Hall–Kier alpha value is -1.90. The van der Waals surface area contributed by atoms with E-state index in [1.807, 2.05) is 0 Å². The Bertz CT molecular complexity index is 777. The fraction of sp³-hybridized carbons (Fsp3) is 0.643. The van der Waals surface area contributed by atoms with Crippen molar-refractivity contribution in [3.8, 4) is 0 Å². The Labute approximate surface area is 134 Å². The van der Waals surface area contributed by atoms with Crippen molar-refractivity contribution in [3.63, 3.8) is 0 Å². The molecule has 0 saturated heterocycles. The maximum Gasteiger partial charge on any atom is 0.410 e. The van der Waals surface area contributed by atoms with Gasteiger partial charge in [0.2, 0.25) is 15.0 Å². The highest BCUT2D eigenvalue weighted by Crippen LogP contribution is 2.15. The molecule has 0 aliphatic carbocycles. The van der Waals surface area contributed by atoms with Crippen molar-refractivity contribution >= 4 is 15.9 Å². The SMILES string of the molecule is CC(C)(C)OC(=O)N1CCc2nc(S(C)(=O)=O)[nH]c(=O)c2CC1. The highest BCUT2D eigenvalue weighted by atomic mass is 32.2. The van der Waals surface area contributed by atoms with Gasteiger partial charge in [0.1, 0.15) is 5.60 Å². The second-order valence-electron chi connectivity index (χ2n) is 6.54. The van der Waals surface area contributed by atoms with Crippen molar-refractivity contribution in [2.45, 2.75) is 44.4 Å². The topological polar surface area (TPSA) is 109 Å². The molecule has 1 aromatic heterocycles. The van der Waals surface area contributed by atoms with Crippen LogP contribution >= 0.6 is 0 Å². The predicted octanol–water partition coefficient (Wildman–Crippen LogP) is 0.509. The number of aromatic amines is 1. The number of aromatic nitrogens is 2. The standard InChI is InChI=1S/C14H21N3O5S/c1-14(2,3)22-13(19)17-7-5-9-10(6-8-17)15-12(16-11(9)18)23(4,20)21/h5-8H2,1-4H3,(H,15,16,18). The number of H-pyrrole nitrogens is 1. The summed E-state index contributed by atoms with van der Waals surface area (Å²) in [6.45, 7) is 5.98. The summed E-state index contributed by atoms with van der Waals surface area (Å²) in [5.74, 6) is 0. The lowest BCUT2D eigenvalue weighted by Gasteiger charge is -2.26. The minimum Gasteiger partial charge on any atom is -0.444 e. The first-order chi connectivity index (χ1) is 10.5. The molecule has 9 heteroatoms. The number of fused-ring (bicyclic) bond motifs is 1. The van der Waals surface area contributed by atoms with E-state index in [0.717, 1.165) is 6.26 Å². The Morgan fingerprint density at radius 1 is 1.26 bits per heavy atom. The summed E-state index contributed by atoms with van der Waals surface area (Å²) in [6, 6.07) is 0. The molecule has 0 saturated carbocycles. The van der Waals surface area contributed by atoms with Crippen LogP contribution in [0.4, 0.5) is 4.79 Å². The van der Waals surface area contributed by atoms with Gasteiger partial charge >= 0.3 is 6.09 Å². The van der Waals surface area contributed by atoms with E-state index in [0.29, 0.717) is 37.2 Å². The molecule has 0 atom stereocenters. The van der Waals surface area contributed by atoms with Gasteiger partial charge in [-0.1, -0.05) is 0 Å². The van der Waals surface area contributed by atoms with Gasteiger partial charge in [-0.25, -0.2) is 18.2 Å². The predicted molar refractivity (Wildman–Crippen MR) is 83.2 cm³/mol. The Morgan fingerprint density at radius 2 is 1.87 bits per heavy atom. The molecule has 1 aromatic rings. The second kappa shape index (κ2) is 5.95. The van der Waals surface area contributed by atoms with E-state index in [4.69, 9.17) is 4.74 Å². The molecule has 1 aliphatic rings. The van der Waals surface area contributed by atoms with Gasteiger partial charge < -0.3 is 9.64 Å². The third-order valence-electron chi connectivity index (χ3n) is 3.33. The average Bonchev–Trinajstić information content (AvgIpc) is 2.58. The van der Waals surface area contributed by atoms with Crippen molar-refractivity contribution in [3.05, 3.63) is 21.6 Å². The van der Waals surface area contributed by atoms with Crippen LogP contribution in [0.2, 0.25) is 0 Å². The number of rotatable bonds is 1. The fourth-order valence-electron chi connectivity index (χ4n) is 2.27. The fourth-order valence-corrected chi connectivity index (χ4v) is 2.82. The number of nitrogens with zero attached hydrogens (tertiary/aromatic N) is 2. The molecule has 8 nitrogen and oxygen atoms in total. The molecule has 0 bridgehead atoms. The van der Waals surface area contributed by atoms with E-state index in [1.165, 1.54) is 4.90 Å². The van der Waals surface area contributed by atoms with Crippen LogP contribution in [0.1, 0.15) is 32.0 Å². The summed E-state index contributed by atoms with van der Waals surface area (Å²) in [6.07, 6.45) is 1.15. The minimum atomic E-state index is -3.60. The van der Waals surface area contributed by atoms with E-state index in [1.54, 1.807) is 20.8 Å². The third-order valence-corrected chi connectivity index (χ3v) is 4.23. The van der Waals surface area contributed by atoms with E-state index in [2.05, 4.69) is 9.97 Å². The Kier molecular flexibility index (Phi) is 4.52. The number of sulfone groups is 1. The quantitative estimate of drug-likeness (QED) is 0.744. The molecule has 2 heterocycles. The molecular weight excluding hydrogens is 322 g/mol. The second-order valence-corrected chi connectivity index (χ2v) is 8.47. The van der Waals surface area contributed by atoms with Gasteiger partial charge in [0, 0.05) is 31.3 Å². The van der Waals surface area contributed by atoms with Gasteiger partial charge in [-0.15, -0.1) is 0 Å². The lowest BCUT2D eigenvalue weighted by atomic mass is 10.1. The summed E-state index contributed by atoms with van der Waals surface area (Å²) in [7, 11) is -3.60. The van der Waals surface area contributed by atoms with Gasteiger partial charge in [-0.2, -0.15) is 0 Å². The molecule has 23 heavy (non-hydrogen) atoms. The summed E-state index contributed by atoms with van der Waals surface area (Å²) >= 11 is 0. The lowest BCUT2D eigenvalue weighted by molar-refractivity contribution is 0.0258. The molecule has 1 amide bonds. The van der Waals surface area contributed by atoms with Crippen LogP contribution in [0.3, 0.4) is 0 Å². The highest BCUT2D eigenvalue weighted by molar-refractivity contribution is 7.90. The maximum atomic E-state index is 12.1. The van der Waals surface area contributed by atoms with Crippen LogP contribution in [-0.2, 0) is 27.4 Å². The number of hydrogen-bond acceptors (Lipinski definition) is 6. The van der Waals surface area contributed by atoms with Crippen LogP contribution in [0, 0.1) is 0 Å².